The van der Waals surface area contributed by atoms with Crippen LogP contribution < -0.4 is 0 Å². The Bertz CT molecular complexity index is 1170. The minimum absolute atomic E-state index is 0.119. The third-order valence-electron chi connectivity index (χ3n) is 4.41. The summed E-state index contributed by atoms with van der Waals surface area (Å²) in [7, 11) is 0. The van der Waals surface area contributed by atoms with E-state index in [2.05, 4.69) is 15.3 Å². The highest BCUT2D eigenvalue weighted by Gasteiger charge is 2.19. The first-order chi connectivity index (χ1) is 13.2. The number of hydrogen-bond acceptors (Lipinski definition) is 3. The molecule has 8 heteroatoms. The molecule has 0 aliphatic heterocycles. The van der Waals surface area contributed by atoms with E-state index < -0.39 is 17.3 Å². The summed E-state index contributed by atoms with van der Waals surface area (Å²) >= 11 is 0. The van der Waals surface area contributed by atoms with Crippen molar-refractivity contribution >= 4 is 5.65 Å². The minimum atomic E-state index is -1.35. The van der Waals surface area contributed by atoms with Crippen LogP contribution in [0.3, 0.4) is 0 Å². The minimum Gasteiger partial charge on any atom is -0.306 e. The molecule has 0 spiro atoms. The fourth-order valence-electron chi connectivity index (χ4n) is 3.18. The van der Waals surface area contributed by atoms with Gasteiger partial charge in [0.2, 0.25) is 0 Å². The average molecular weight is 385 g/mol. The van der Waals surface area contributed by atoms with Crippen molar-refractivity contribution in [1.82, 2.24) is 24.4 Å². The van der Waals surface area contributed by atoms with Crippen molar-refractivity contribution in [3.05, 3.63) is 65.7 Å². The molecule has 3 heterocycles. The highest BCUT2D eigenvalue weighted by Crippen LogP contribution is 2.25. The lowest BCUT2D eigenvalue weighted by molar-refractivity contribution is 0.215. The Morgan fingerprint density at radius 3 is 2.57 bits per heavy atom. The van der Waals surface area contributed by atoms with Gasteiger partial charge in [0.25, 0.3) is 0 Å². The van der Waals surface area contributed by atoms with Crippen molar-refractivity contribution in [3.8, 4) is 16.9 Å². The zero-order valence-electron chi connectivity index (χ0n) is 15.6. The zero-order valence-corrected chi connectivity index (χ0v) is 15.6. The molecule has 0 aliphatic carbocycles. The summed E-state index contributed by atoms with van der Waals surface area (Å²) in [4.78, 5) is 4.42. The molecule has 0 N–H and O–H groups in total. The van der Waals surface area contributed by atoms with Crippen LogP contribution in [0.15, 0.2) is 42.7 Å². The van der Waals surface area contributed by atoms with Gasteiger partial charge < -0.3 is 4.40 Å². The number of rotatable bonds is 4. The number of aromatic nitrogens is 5. The molecule has 5 nitrogen and oxygen atoms in total. The quantitative estimate of drug-likeness (QED) is 0.521. The van der Waals surface area contributed by atoms with Crippen molar-refractivity contribution in [1.29, 1.82) is 0 Å². The monoisotopic (exact) mass is 385 g/mol. The summed E-state index contributed by atoms with van der Waals surface area (Å²) in [5.41, 5.74) is 2.04. The lowest BCUT2D eigenvalue weighted by atomic mass is 10.1. The van der Waals surface area contributed by atoms with E-state index in [1.54, 1.807) is 23.6 Å². The first-order valence-electron chi connectivity index (χ1n) is 8.76. The zero-order chi connectivity index (χ0) is 20.1. The molecule has 0 fully saturated rings. The van der Waals surface area contributed by atoms with Gasteiger partial charge in [0.15, 0.2) is 5.82 Å². The van der Waals surface area contributed by atoms with Gasteiger partial charge >= 0.3 is 0 Å². The first-order valence-corrected chi connectivity index (χ1v) is 8.76. The Morgan fingerprint density at radius 1 is 1.07 bits per heavy atom. The summed E-state index contributed by atoms with van der Waals surface area (Å²) in [5.74, 6) is -1.37. The van der Waals surface area contributed by atoms with Crippen molar-refractivity contribution in [3.63, 3.8) is 0 Å². The van der Waals surface area contributed by atoms with E-state index in [9.17, 15) is 13.2 Å². The van der Waals surface area contributed by atoms with Crippen LogP contribution in [0.1, 0.15) is 25.2 Å². The maximum atomic E-state index is 14.1. The van der Waals surface area contributed by atoms with Crippen molar-refractivity contribution < 1.29 is 13.2 Å². The SMILES string of the molecule is Cc1c(-c2ccc3nc(CC(C)(C)F)cn3c2)nnn1-c1ccc(F)cc1F. The molecule has 4 aromatic rings. The van der Waals surface area contributed by atoms with Crippen LogP contribution in [0.4, 0.5) is 13.2 Å². The van der Waals surface area contributed by atoms with Crippen LogP contribution in [0, 0.1) is 18.6 Å². The Morgan fingerprint density at radius 2 is 1.86 bits per heavy atom. The molecule has 0 radical (unpaired) electrons. The molecule has 0 saturated carbocycles. The maximum Gasteiger partial charge on any atom is 0.151 e. The number of hydrogen-bond donors (Lipinski definition) is 0. The van der Waals surface area contributed by atoms with Gasteiger partial charge in [-0.15, -0.1) is 5.10 Å². The Hall–Kier alpha value is -3.16. The van der Waals surface area contributed by atoms with E-state index in [-0.39, 0.29) is 12.1 Å². The number of imidazole rings is 1. The van der Waals surface area contributed by atoms with Gasteiger partial charge in [-0.3, -0.25) is 0 Å². The maximum absolute atomic E-state index is 14.1. The van der Waals surface area contributed by atoms with Crippen molar-refractivity contribution in [2.45, 2.75) is 32.9 Å². The number of nitrogens with zero attached hydrogens (tertiary/aromatic N) is 5. The fourth-order valence-corrected chi connectivity index (χ4v) is 3.18. The number of pyridine rings is 1. The van der Waals surface area contributed by atoms with Crippen molar-refractivity contribution in [2.24, 2.45) is 0 Å². The molecule has 0 saturated heterocycles. The third kappa shape index (κ3) is 3.37. The van der Waals surface area contributed by atoms with E-state index in [4.69, 9.17) is 0 Å². The summed E-state index contributed by atoms with van der Waals surface area (Å²) in [5, 5.41) is 8.17. The summed E-state index contributed by atoms with van der Waals surface area (Å²) in [6.45, 7) is 4.78. The van der Waals surface area contributed by atoms with E-state index in [1.165, 1.54) is 30.7 Å². The smallest absolute Gasteiger partial charge is 0.151 e. The lowest BCUT2D eigenvalue weighted by Gasteiger charge is -2.10. The number of alkyl halides is 1. The topological polar surface area (TPSA) is 48.0 Å². The molecule has 0 aliphatic rings. The summed E-state index contributed by atoms with van der Waals surface area (Å²) < 4.78 is 44.3. The van der Waals surface area contributed by atoms with Gasteiger partial charge in [-0.05, 0) is 45.0 Å². The summed E-state index contributed by atoms with van der Waals surface area (Å²) in [6.07, 6.45) is 3.81. The predicted octanol–water partition coefficient (Wildman–Crippen LogP) is 4.46. The highest BCUT2D eigenvalue weighted by atomic mass is 19.1. The molecule has 0 amide bonds. The second kappa shape index (κ2) is 6.47. The normalized spacial score (nSPS) is 12.1. The number of halogens is 3. The lowest BCUT2D eigenvalue weighted by Crippen LogP contribution is -2.15. The molecule has 28 heavy (non-hydrogen) atoms. The molecular weight excluding hydrogens is 367 g/mol. The second-order valence-electron chi connectivity index (χ2n) is 7.34. The van der Waals surface area contributed by atoms with Crippen LogP contribution >= 0.6 is 0 Å². The average Bonchev–Trinajstić information content (AvgIpc) is 3.15. The molecule has 1 aromatic carbocycles. The first kappa shape index (κ1) is 18.2. The largest absolute Gasteiger partial charge is 0.306 e. The van der Waals surface area contributed by atoms with E-state index in [1.807, 2.05) is 12.3 Å². The molecule has 0 unspecified atom stereocenters. The van der Waals surface area contributed by atoms with Gasteiger partial charge in [0.05, 0.1) is 11.4 Å². The molecule has 0 bridgehead atoms. The molecule has 0 atom stereocenters. The standard InChI is InChI=1S/C20H18F3N5/c1-12-19(25-26-28(12)17-6-5-14(21)8-16(17)22)13-4-7-18-24-15(9-20(2,3)23)11-27(18)10-13/h4-8,10-11H,9H2,1-3H3. The van der Waals surface area contributed by atoms with E-state index in [0.717, 1.165) is 11.6 Å². The predicted molar refractivity (Wildman–Crippen MR) is 99.1 cm³/mol. The fraction of sp³-hybridized carbons (Fsp3) is 0.250. The van der Waals surface area contributed by atoms with Gasteiger partial charge in [0, 0.05) is 30.4 Å². The number of fused-ring (bicyclic) bond motifs is 1. The van der Waals surface area contributed by atoms with E-state index in [0.29, 0.717) is 22.7 Å². The van der Waals surface area contributed by atoms with Crippen molar-refractivity contribution in [2.75, 3.05) is 0 Å². The molecular formula is C20H18F3N5. The van der Waals surface area contributed by atoms with Crippen LogP contribution in [-0.2, 0) is 6.42 Å². The molecule has 3 aromatic heterocycles. The van der Waals surface area contributed by atoms with Gasteiger partial charge in [-0.25, -0.2) is 22.8 Å². The van der Waals surface area contributed by atoms with Crippen LogP contribution in [0.5, 0.6) is 0 Å². The molecule has 144 valence electrons. The van der Waals surface area contributed by atoms with Crippen LogP contribution in [-0.4, -0.2) is 30.0 Å². The second-order valence-corrected chi connectivity index (χ2v) is 7.34. The number of benzene rings is 1. The third-order valence-corrected chi connectivity index (χ3v) is 4.41. The highest BCUT2D eigenvalue weighted by molar-refractivity contribution is 5.63. The van der Waals surface area contributed by atoms with Gasteiger partial charge in [-0.1, -0.05) is 5.21 Å². The van der Waals surface area contributed by atoms with Gasteiger partial charge in [0.1, 0.15) is 28.5 Å². The Labute approximate surface area is 159 Å². The van der Waals surface area contributed by atoms with Crippen LogP contribution in [0.2, 0.25) is 0 Å². The van der Waals surface area contributed by atoms with Crippen LogP contribution in [0.25, 0.3) is 22.6 Å². The Balaban J connectivity index is 1.73. The van der Waals surface area contributed by atoms with E-state index >= 15 is 0 Å². The molecule has 4 rings (SSSR count). The Kier molecular flexibility index (Phi) is 4.21. The van der Waals surface area contributed by atoms with Gasteiger partial charge in [-0.2, -0.15) is 0 Å². The summed E-state index contributed by atoms with van der Waals surface area (Å²) in [6, 6.07) is 6.93.